The van der Waals surface area contributed by atoms with Crippen LogP contribution in [-0.2, 0) is 0 Å². The topological polar surface area (TPSA) is 44.5 Å². The van der Waals surface area contributed by atoms with E-state index in [-0.39, 0.29) is 11.6 Å². The maximum absolute atomic E-state index is 5.95. The van der Waals surface area contributed by atoms with Crippen LogP contribution >= 0.6 is 0 Å². The number of nitrogens with two attached hydrogens (primary N) is 1. The van der Waals surface area contributed by atoms with Crippen LogP contribution in [0.15, 0.2) is 24.3 Å². The highest BCUT2D eigenvalue weighted by Crippen LogP contribution is 2.32. The first-order valence-electron chi connectivity index (χ1n) is 5.22. The molecule has 2 N–H and O–H groups in total. The Morgan fingerprint density at radius 3 is 2.67 bits per heavy atom. The van der Waals surface area contributed by atoms with E-state index in [1.165, 1.54) is 0 Å². The average molecular weight is 207 g/mol. The molecule has 3 heteroatoms. The van der Waals surface area contributed by atoms with Crippen LogP contribution in [-0.4, -0.2) is 18.2 Å². The van der Waals surface area contributed by atoms with E-state index in [1.54, 1.807) is 0 Å². The lowest BCUT2D eigenvalue weighted by Gasteiger charge is -2.30. The molecule has 0 saturated carbocycles. The van der Waals surface area contributed by atoms with E-state index in [0.29, 0.717) is 6.61 Å². The minimum atomic E-state index is -0.222. The predicted octanol–water partition coefficient (Wildman–Crippen LogP) is 1.95. The van der Waals surface area contributed by atoms with Crippen molar-refractivity contribution in [1.82, 2.24) is 0 Å². The van der Waals surface area contributed by atoms with E-state index in [0.717, 1.165) is 17.9 Å². The smallest absolute Gasteiger partial charge is 0.161 e. The minimum absolute atomic E-state index is 0.0555. The molecule has 0 spiro atoms. The Balaban J connectivity index is 2.06. The fraction of sp³-hybridized carbons (Fsp3) is 0.500. The van der Waals surface area contributed by atoms with Crippen molar-refractivity contribution >= 4 is 0 Å². The van der Waals surface area contributed by atoms with E-state index in [4.69, 9.17) is 15.2 Å². The predicted molar refractivity (Wildman–Crippen MR) is 59.2 cm³/mol. The van der Waals surface area contributed by atoms with Gasteiger partial charge >= 0.3 is 0 Å². The van der Waals surface area contributed by atoms with E-state index >= 15 is 0 Å². The number of ether oxygens (including phenoxy) is 2. The summed E-state index contributed by atoms with van der Waals surface area (Å²) in [5.74, 6) is 1.64. The molecule has 1 aliphatic rings. The van der Waals surface area contributed by atoms with Gasteiger partial charge in [0.05, 0.1) is 0 Å². The summed E-state index contributed by atoms with van der Waals surface area (Å²) in [5, 5.41) is 0. The van der Waals surface area contributed by atoms with Gasteiger partial charge < -0.3 is 15.2 Å². The van der Waals surface area contributed by atoms with E-state index in [9.17, 15) is 0 Å². The summed E-state index contributed by atoms with van der Waals surface area (Å²) in [4.78, 5) is 0. The van der Waals surface area contributed by atoms with Crippen molar-refractivity contribution in [1.29, 1.82) is 0 Å². The fourth-order valence-corrected chi connectivity index (χ4v) is 1.75. The molecule has 0 aliphatic carbocycles. The first-order valence-corrected chi connectivity index (χ1v) is 5.22. The third-order valence-electron chi connectivity index (χ3n) is 2.32. The van der Waals surface area contributed by atoms with Crippen LogP contribution in [0.3, 0.4) is 0 Å². The third kappa shape index (κ3) is 2.63. The van der Waals surface area contributed by atoms with Gasteiger partial charge in [0.1, 0.15) is 12.7 Å². The molecule has 0 bridgehead atoms. The molecule has 0 aromatic heterocycles. The standard InChI is InChI=1S/C12H17NO2/c1-12(2,13)7-9-8-14-10-5-3-4-6-11(10)15-9/h3-6,9H,7-8,13H2,1-2H3. The molecule has 1 aromatic carbocycles. The van der Waals surface area contributed by atoms with Gasteiger partial charge in [-0.2, -0.15) is 0 Å². The summed E-state index contributed by atoms with van der Waals surface area (Å²) in [6.45, 7) is 4.57. The van der Waals surface area contributed by atoms with Crippen molar-refractivity contribution < 1.29 is 9.47 Å². The molecule has 3 nitrogen and oxygen atoms in total. The van der Waals surface area contributed by atoms with Crippen LogP contribution in [0.4, 0.5) is 0 Å². The largest absolute Gasteiger partial charge is 0.486 e. The molecule has 0 amide bonds. The van der Waals surface area contributed by atoms with Crippen molar-refractivity contribution in [2.45, 2.75) is 31.9 Å². The van der Waals surface area contributed by atoms with Crippen LogP contribution in [0.1, 0.15) is 20.3 Å². The summed E-state index contributed by atoms with van der Waals surface area (Å²) in [5.41, 5.74) is 5.73. The second-order valence-corrected chi connectivity index (χ2v) is 4.69. The first kappa shape index (κ1) is 10.3. The third-order valence-corrected chi connectivity index (χ3v) is 2.32. The highest BCUT2D eigenvalue weighted by molar-refractivity contribution is 5.40. The molecule has 1 heterocycles. The van der Waals surface area contributed by atoms with Gasteiger partial charge in [0, 0.05) is 12.0 Å². The van der Waals surface area contributed by atoms with Crippen molar-refractivity contribution in [3.63, 3.8) is 0 Å². The minimum Gasteiger partial charge on any atom is -0.486 e. The number of fused-ring (bicyclic) bond motifs is 1. The molecule has 1 aliphatic heterocycles. The van der Waals surface area contributed by atoms with Gasteiger partial charge in [-0.1, -0.05) is 12.1 Å². The zero-order valence-corrected chi connectivity index (χ0v) is 9.19. The normalized spacial score (nSPS) is 20.1. The number of rotatable bonds is 2. The van der Waals surface area contributed by atoms with Crippen LogP contribution in [0.25, 0.3) is 0 Å². The maximum atomic E-state index is 5.95. The molecule has 1 aromatic rings. The van der Waals surface area contributed by atoms with Gasteiger partial charge in [0.15, 0.2) is 11.5 Å². The fourth-order valence-electron chi connectivity index (χ4n) is 1.75. The maximum Gasteiger partial charge on any atom is 0.161 e. The molecule has 0 fully saturated rings. The summed E-state index contributed by atoms with van der Waals surface area (Å²) < 4.78 is 11.4. The van der Waals surface area contributed by atoms with Gasteiger partial charge in [-0.3, -0.25) is 0 Å². The van der Waals surface area contributed by atoms with Crippen LogP contribution in [0.5, 0.6) is 11.5 Å². The monoisotopic (exact) mass is 207 g/mol. The Labute approximate surface area is 90.2 Å². The first-order chi connectivity index (χ1) is 7.04. The van der Waals surface area contributed by atoms with Crippen molar-refractivity contribution in [3.05, 3.63) is 24.3 Å². The summed E-state index contributed by atoms with van der Waals surface area (Å²) in [6, 6.07) is 7.72. The molecule has 82 valence electrons. The Bertz CT molecular complexity index is 344. The zero-order chi connectivity index (χ0) is 10.9. The highest BCUT2D eigenvalue weighted by atomic mass is 16.6. The molecule has 1 atom stereocenters. The van der Waals surface area contributed by atoms with Crippen molar-refractivity contribution in [2.75, 3.05) is 6.61 Å². The summed E-state index contributed by atoms with van der Waals surface area (Å²) in [6.07, 6.45) is 0.848. The number of para-hydroxylation sites is 2. The van der Waals surface area contributed by atoms with Crippen LogP contribution < -0.4 is 15.2 Å². The van der Waals surface area contributed by atoms with Gasteiger partial charge in [0.2, 0.25) is 0 Å². The summed E-state index contributed by atoms with van der Waals surface area (Å²) in [7, 11) is 0. The van der Waals surface area contributed by atoms with Crippen molar-refractivity contribution in [3.8, 4) is 11.5 Å². The summed E-state index contributed by atoms with van der Waals surface area (Å²) >= 11 is 0. The van der Waals surface area contributed by atoms with Gasteiger partial charge in [-0.25, -0.2) is 0 Å². The van der Waals surface area contributed by atoms with E-state index in [1.807, 2.05) is 38.1 Å². The molecule has 0 saturated heterocycles. The number of benzene rings is 1. The molecule has 0 radical (unpaired) electrons. The molecular weight excluding hydrogens is 190 g/mol. The van der Waals surface area contributed by atoms with Crippen LogP contribution in [0.2, 0.25) is 0 Å². The lowest BCUT2D eigenvalue weighted by Crippen LogP contribution is -2.41. The van der Waals surface area contributed by atoms with Crippen molar-refractivity contribution in [2.24, 2.45) is 5.73 Å². The van der Waals surface area contributed by atoms with Gasteiger partial charge in [0.25, 0.3) is 0 Å². The Morgan fingerprint density at radius 2 is 2.00 bits per heavy atom. The molecule has 15 heavy (non-hydrogen) atoms. The zero-order valence-electron chi connectivity index (χ0n) is 9.19. The Hall–Kier alpha value is -1.22. The number of hydrogen-bond acceptors (Lipinski definition) is 3. The molecular formula is C12H17NO2. The quantitative estimate of drug-likeness (QED) is 0.806. The second kappa shape index (κ2) is 3.74. The highest BCUT2D eigenvalue weighted by Gasteiger charge is 2.25. The lowest BCUT2D eigenvalue weighted by atomic mass is 9.98. The van der Waals surface area contributed by atoms with Gasteiger partial charge in [-0.05, 0) is 26.0 Å². The SMILES string of the molecule is CC(C)(N)CC1COc2ccccc2O1. The second-order valence-electron chi connectivity index (χ2n) is 4.69. The van der Waals surface area contributed by atoms with Crippen LogP contribution in [0, 0.1) is 0 Å². The average Bonchev–Trinajstić information content (AvgIpc) is 2.15. The number of hydrogen-bond donors (Lipinski definition) is 1. The van der Waals surface area contributed by atoms with E-state index < -0.39 is 0 Å². The molecule has 1 unspecified atom stereocenters. The Kier molecular flexibility index (Phi) is 2.57. The Morgan fingerprint density at radius 1 is 1.33 bits per heavy atom. The molecule has 2 rings (SSSR count). The lowest BCUT2D eigenvalue weighted by molar-refractivity contribution is 0.0714. The van der Waals surface area contributed by atoms with E-state index in [2.05, 4.69) is 0 Å². The van der Waals surface area contributed by atoms with Gasteiger partial charge in [-0.15, -0.1) is 0 Å².